The van der Waals surface area contributed by atoms with Crippen LogP contribution < -0.4 is 5.32 Å². The number of rotatable bonds is 5. The average Bonchev–Trinajstić information content (AvgIpc) is 3.10. The summed E-state index contributed by atoms with van der Waals surface area (Å²) in [5, 5.41) is 8.47. The van der Waals surface area contributed by atoms with Gasteiger partial charge in [-0.1, -0.05) is 18.5 Å². The van der Waals surface area contributed by atoms with Crippen LogP contribution in [0.4, 0.5) is 5.69 Å². The topological polar surface area (TPSA) is 59.8 Å². The predicted octanol–water partition coefficient (Wildman–Crippen LogP) is 4.29. The molecular formula is C17H15ClN4OS. The van der Waals surface area contributed by atoms with Gasteiger partial charge in [0.1, 0.15) is 0 Å². The molecule has 2 aromatic heterocycles. The van der Waals surface area contributed by atoms with Crippen LogP contribution in [0.15, 0.2) is 60.0 Å². The van der Waals surface area contributed by atoms with Crippen molar-refractivity contribution < 1.29 is 4.79 Å². The fourth-order valence-corrected chi connectivity index (χ4v) is 3.01. The second-order valence-electron chi connectivity index (χ2n) is 4.88. The van der Waals surface area contributed by atoms with Gasteiger partial charge in [-0.3, -0.25) is 4.79 Å². The summed E-state index contributed by atoms with van der Waals surface area (Å²) < 4.78 is 1.68. The minimum Gasteiger partial charge on any atom is -0.320 e. The van der Waals surface area contributed by atoms with Crippen molar-refractivity contribution in [3.05, 3.63) is 65.6 Å². The van der Waals surface area contributed by atoms with Gasteiger partial charge in [-0.05, 0) is 42.2 Å². The molecule has 0 radical (unpaired) electrons. The van der Waals surface area contributed by atoms with Gasteiger partial charge in [0.2, 0.25) is 0 Å². The molecule has 2 heterocycles. The van der Waals surface area contributed by atoms with Gasteiger partial charge < -0.3 is 5.32 Å². The number of carbonyl (C=O) groups is 1. The van der Waals surface area contributed by atoms with Gasteiger partial charge in [0.05, 0.1) is 16.4 Å². The number of hydrogen-bond donors (Lipinski definition) is 1. The summed E-state index contributed by atoms with van der Waals surface area (Å²) >= 11 is 7.67. The van der Waals surface area contributed by atoms with E-state index in [9.17, 15) is 4.79 Å². The van der Waals surface area contributed by atoms with Gasteiger partial charge in [-0.15, -0.1) is 11.8 Å². The summed E-state index contributed by atoms with van der Waals surface area (Å²) in [7, 11) is 0. The monoisotopic (exact) mass is 358 g/mol. The Morgan fingerprint density at radius 2 is 2.17 bits per heavy atom. The lowest BCUT2D eigenvalue weighted by Gasteiger charge is -2.12. The molecule has 1 N–H and O–H groups in total. The van der Waals surface area contributed by atoms with Gasteiger partial charge in [0.25, 0.3) is 5.91 Å². The zero-order valence-corrected chi connectivity index (χ0v) is 14.5. The Hall–Kier alpha value is -2.31. The molecule has 122 valence electrons. The van der Waals surface area contributed by atoms with Crippen molar-refractivity contribution in [1.29, 1.82) is 0 Å². The summed E-state index contributed by atoms with van der Waals surface area (Å²) in [4.78, 5) is 16.8. The molecule has 0 aliphatic rings. The first kappa shape index (κ1) is 16.5. The standard InChI is InChI=1S/C17H15ClN4OS/c1-2-24-16-10-12(6-8-19-16)17(23)21-14-11-13(18)4-5-15(14)22-9-3-7-20-22/h3-11H,2H2,1H3,(H,21,23). The van der Waals surface area contributed by atoms with Crippen molar-refractivity contribution in [3.63, 3.8) is 0 Å². The van der Waals surface area contributed by atoms with Crippen molar-refractivity contribution in [2.24, 2.45) is 0 Å². The number of nitrogens with one attached hydrogen (secondary N) is 1. The van der Waals surface area contributed by atoms with Crippen LogP contribution in [0.2, 0.25) is 5.02 Å². The number of pyridine rings is 1. The molecule has 3 aromatic rings. The highest BCUT2D eigenvalue weighted by Gasteiger charge is 2.12. The van der Waals surface area contributed by atoms with Crippen LogP contribution >= 0.6 is 23.4 Å². The maximum absolute atomic E-state index is 12.6. The molecule has 0 atom stereocenters. The first-order chi connectivity index (χ1) is 11.7. The van der Waals surface area contributed by atoms with Gasteiger partial charge >= 0.3 is 0 Å². The lowest BCUT2D eigenvalue weighted by Crippen LogP contribution is -2.14. The third-order valence-corrected chi connectivity index (χ3v) is 4.29. The van der Waals surface area contributed by atoms with E-state index in [2.05, 4.69) is 15.4 Å². The average molecular weight is 359 g/mol. The molecule has 24 heavy (non-hydrogen) atoms. The van der Waals surface area contributed by atoms with Crippen LogP contribution in [0, 0.1) is 0 Å². The lowest BCUT2D eigenvalue weighted by molar-refractivity contribution is 0.102. The molecule has 0 unspecified atom stereocenters. The molecule has 3 rings (SSSR count). The number of amides is 1. The van der Waals surface area contributed by atoms with Crippen LogP contribution in [0.25, 0.3) is 5.69 Å². The molecule has 0 aliphatic heterocycles. The SMILES string of the molecule is CCSc1cc(C(=O)Nc2cc(Cl)ccc2-n2cccn2)ccn1. The predicted molar refractivity (Wildman–Crippen MR) is 97.2 cm³/mol. The van der Waals surface area contributed by atoms with E-state index in [4.69, 9.17) is 11.6 Å². The number of benzene rings is 1. The van der Waals surface area contributed by atoms with Gasteiger partial charge in [-0.25, -0.2) is 9.67 Å². The Morgan fingerprint density at radius 1 is 1.29 bits per heavy atom. The second kappa shape index (κ2) is 7.51. The third-order valence-electron chi connectivity index (χ3n) is 3.25. The second-order valence-corrected chi connectivity index (χ2v) is 6.60. The molecule has 0 saturated heterocycles. The third kappa shape index (κ3) is 3.77. The number of anilines is 1. The van der Waals surface area contributed by atoms with Crippen LogP contribution in [0.5, 0.6) is 0 Å². The Morgan fingerprint density at radius 3 is 2.92 bits per heavy atom. The summed E-state index contributed by atoms with van der Waals surface area (Å²) in [6.45, 7) is 2.04. The van der Waals surface area contributed by atoms with E-state index < -0.39 is 0 Å². The Labute approximate surface area is 149 Å². The Balaban J connectivity index is 1.89. The highest BCUT2D eigenvalue weighted by Crippen LogP contribution is 2.25. The first-order valence-corrected chi connectivity index (χ1v) is 8.73. The molecule has 1 aromatic carbocycles. The van der Waals surface area contributed by atoms with Crippen LogP contribution in [-0.4, -0.2) is 26.4 Å². The normalized spacial score (nSPS) is 10.6. The summed E-state index contributed by atoms with van der Waals surface area (Å²) in [5.74, 6) is 0.682. The van der Waals surface area contributed by atoms with Gasteiger partial charge in [0, 0.05) is 29.2 Å². The van der Waals surface area contributed by atoms with E-state index in [0.29, 0.717) is 16.3 Å². The zero-order valence-electron chi connectivity index (χ0n) is 12.9. The van der Waals surface area contributed by atoms with E-state index in [1.54, 1.807) is 59.3 Å². The van der Waals surface area contributed by atoms with E-state index in [0.717, 1.165) is 16.5 Å². The van der Waals surface area contributed by atoms with Crippen molar-refractivity contribution >= 4 is 35.0 Å². The molecule has 0 bridgehead atoms. The summed E-state index contributed by atoms with van der Waals surface area (Å²) in [6.07, 6.45) is 5.12. The molecular weight excluding hydrogens is 344 g/mol. The fraction of sp³-hybridized carbons (Fsp3) is 0.118. The highest BCUT2D eigenvalue weighted by molar-refractivity contribution is 7.99. The molecule has 0 fully saturated rings. The lowest BCUT2D eigenvalue weighted by atomic mass is 10.2. The van der Waals surface area contributed by atoms with Crippen molar-refractivity contribution in [1.82, 2.24) is 14.8 Å². The number of nitrogens with zero attached hydrogens (tertiary/aromatic N) is 3. The minimum atomic E-state index is -0.217. The molecule has 0 aliphatic carbocycles. The van der Waals surface area contributed by atoms with Crippen molar-refractivity contribution in [2.75, 3.05) is 11.1 Å². The van der Waals surface area contributed by atoms with Crippen LogP contribution in [0.1, 0.15) is 17.3 Å². The van der Waals surface area contributed by atoms with Crippen LogP contribution in [0.3, 0.4) is 0 Å². The summed E-state index contributed by atoms with van der Waals surface area (Å²) in [6, 6.07) is 10.6. The largest absolute Gasteiger partial charge is 0.320 e. The van der Waals surface area contributed by atoms with E-state index >= 15 is 0 Å². The van der Waals surface area contributed by atoms with E-state index in [-0.39, 0.29) is 5.91 Å². The van der Waals surface area contributed by atoms with Crippen molar-refractivity contribution in [2.45, 2.75) is 11.9 Å². The quantitative estimate of drug-likeness (QED) is 0.691. The van der Waals surface area contributed by atoms with Gasteiger partial charge in [0.15, 0.2) is 0 Å². The first-order valence-electron chi connectivity index (χ1n) is 7.37. The summed E-state index contributed by atoms with van der Waals surface area (Å²) in [5.41, 5.74) is 1.89. The maximum Gasteiger partial charge on any atom is 0.255 e. The number of hydrogen-bond acceptors (Lipinski definition) is 4. The Kier molecular flexibility index (Phi) is 5.17. The van der Waals surface area contributed by atoms with E-state index in [1.807, 2.05) is 19.1 Å². The zero-order chi connectivity index (χ0) is 16.9. The molecule has 0 spiro atoms. The fourth-order valence-electron chi connectivity index (χ4n) is 2.19. The van der Waals surface area contributed by atoms with Crippen LogP contribution in [-0.2, 0) is 0 Å². The molecule has 1 amide bonds. The number of aromatic nitrogens is 3. The maximum atomic E-state index is 12.6. The molecule has 5 nitrogen and oxygen atoms in total. The Bertz CT molecular complexity index is 852. The van der Waals surface area contributed by atoms with Crippen molar-refractivity contribution in [3.8, 4) is 5.69 Å². The van der Waals surface area contributed by atoms with E-state index in [1.165, 1.54) is 0 Å². The molecule has 7 heteroatoms. The minimum absolute atomic E-state index is 0.217. The number of thioether (sulfide) groups is 1. The number of halogens is 1. The smallest absolute Gasteiger partial charge is 0.255 e. The highest BCUT2D eigenvalue weighted by atomic mass is 35.5. The number of carbonyl (C=O) groups excluding carboxylic acids is 1. The molecule has 0 saturated carbocycles. The van der Waals surface area contributed by atoms with Gasteiger partial charge in [-0.2, -0.15) is 5.10 Å².